The average Bonchev–Trinajstić information content (AvgIpc) is 2.76. The molecular weight excluding hydrogens is 269 g/mol. The number of fused-ring (bicyclic) bond motifs is 1. The third kappa shape index (κ3) is 2.32. The van der Waals surface area contributed by atoms with Gasteiger partial charge in [0, 0.05) is 5.69 Å². The second-order valence-corrected chi connectivity index (χ2v) is 5.47. The van der Waals surface area contributed by atoms with E-state index in [-0.39, 0.29) is 17.6 Å². The van der Waals surface area contributed by atoms with Crippen LogP contribution in [0.1, 0.15) is 41.2 Å². The summed E-state index contributed by atoms with van der Waals surface area (Å²) in [6.07, 6.45) is -0.836. The average molecular weight is 285 g/mol. The molecule has 2 N–H and O–H groups in total. The Morgan fingerprint density at radius 2 is 1.86 bits per heavy atom. The lowest BCUT2D eigenvalue weighted by atomic mass is 9.93. The van der Waals surface area contributed by atoms with Crippen LogP contribution in [-0.2, 0) is 4.79 Å². The molecule has 2 unspecified atom stereocenters. The number of halogens is 1. The first-order valence-electron chi connectivity index (χ1n) is 6.86. The van der Waals surface area contributed by atoms with Crippen molar-refractivity contribution in [3.8, 4) is 0 Å². The molecule has 2 aromatic carbocycles. The van der Waals surface area contributed by atoms with Crippen LogP contribution in [0, 0.1) is 12.7 Å². The summed E-state index contributed by atoms with van der Waals surface area (Å²) in [6, 6.07) is 9.48. The highest BCUT2D eigenvalue weighted by Crippen LogP contribution is 2.37. The van der Waals surface area contributed by atoms with Gasteiger partial charge in [0.25, 0.3) is 0 Å². The maximum atomic E-state index is 13.0. The Balaban J connectivity index is 2.02. The van der Waals surface area contributed by atoms with Gasteiger partial charge in [-0.25, -0.2) is 4.39 Å². The van der Waals surface area contributed by atoms with E-state index >= 15 is 0 Å². The highest BCUT2D eigenvalue weighted by atomic mass is 19.1. The molecule has 1 amide bonds. The number of aliphatic hydroxyl groups is 1. The van der Waals surface area contributed by atoms with E-state index in [1.165, 1.54) is 12.1 Å². The SMILES string of the molecule is Cc1cc(C(O)c2ccc(F)cc2)cc2c1NC(=O)C2C. The second-order valence-electron chi connectivity index (χ2n) is 5.47. The molecule has 1 heterocycles. The molecule has 0 saturated carbocycles. The van der Waals surface area contributed by atoms with Gasteiger partial charge in [-0.05, 0) is 54.3 Å². The van der Waals surface area contributed by atoms with E-state index in [0.29, 0.717) is 11.1 Å². The molecule has 0 spiro atoms. The number of aryl methyl sites for hydroxylation is 1. The fourth-order valence-corrected chi connectivity index (χ4v) is 2.72. The first kappa shape index (κ1) is 13.8. The molecule has 3 nitrogen and oxygen atoms in total. The van der Waals surface area contributed by atoms with Gasteiger partial charge in [-0.2, -0.15) is 0 Å². The Hall–Kier alpha value is -2.20. The zero-order chi connectivity index (χ0) is 15.1. The summed E-state index contributed by atoms with van der Waals surface area (Å²) in [7, 11) is 0. The molecule has 0 saturated heterocycles. The van der Waals surface area contributed by atoms with Crippen LogP contribution in [0.15, 0.2) is 36.4 Å². The zero-order valence-corrected chi connectivity index (χ0v) is 11.9. The van der Waals surface area contributed by atoms with Crippen molar-refractivity contribution in [2.45, 2.75) is 25.9 Å². The molecule has 1 aliphatic rings. The highest BCUT2D eigenvalue weighted by Gasteiger charge is 2.29. The van der Waals surface area contributed by atoms with Gasteiger partial charge in [-0.15, -0.1) is 0 Å². The fourth-order valence-electron chi connectivity index (χ4n) is 2.72. The minimum absolute atomic E-state index is 0.0264. The van der Waals surface area contributed by atoms with Crippen molar-refractivity contribution in [2.24, 2.45) is 0 Å². The van der Waals surface area contributed by atoms with Crippen LogP contribution in [0.5, 0.6) is 0 Å². The van der Waals surface area contributed by atoms with E-state index in [1.807, 2.05) is 26.0 Å². The van der Waals surface area contributed by atoms with Gasteiger partial charge in [0.15, 0.2) is 0 Å². The molecule has 0 bridgehead atoms. The molecule has 1 aliphatic heterocycles. The first-order valence-corrected chi connectivity index (χ1v) is 6.86. The second kappa shape index (κ2) is 4.97. The zero-order valence-electron chi connectivity index (χ0n) is 11.9. The maximum Gasteiger partial charge on any atom is 0.231 e. The van der Waals surface area contributed by atoms with Crippen molar-refractivity contribution >= 4 is 11.6 Å². The Labute approximate surface area is 122 Å². The van der Waals surface area contributed by atoms with Crippen molar-refractivity contribution in [3.63, 3.8) is 0 Å². The molecule has 4 heteroatoms. The van der Waals surface area contributed by atoms with Gasteiger partial charge in [0.2, 0.25) is 5.91 Å². The molecule has 0 fully saturated rings. The Morgan fingerprint density at radius 3 is 2.52 bits per heavy atom. The van der Waals surface area contributed by atoms with E-state index in [9.17, 15) is 14.3 Å². The van der Waals surface area contributed by atoms with Gasteiger partial charge >= 0.3 is 0 Å². The summed E-state index contributed by atoms with van der Waals surface area (Å²) in [5, 5.41) is 13.3. The van der Waals surface area contributed by atoms with Crippen LogP contribution in [0.25, 0.3) is 0 Å². The number of amides is 1. The van der Waals surface area contributed by atoms with Gasteiger partial charge in [0.05, 0.1) is 5.92 Å². The molecule has 21 heavy (non-hydrogen) atoms. The number of anilines is 1. The quantitative estimate of drug-likeness (QED) is 0.889. The fraction of sp³-hybridized carbons (Fsp3) is 0.235. The number of benzene rings is 2. The Bertz CT molecular complexity index is 709. The van der Waals surface area contributed by atoms with Gasteiger partial charge in [-0.1, -0.05) is 18.2 Å². The van der Waals surface area contributed by atoms with E-state index in [2.05, 4.69) is 5.32 Å². The predicted octanol–water partition coefficient (Wildman–Crippen LogP) is 3.27. The molecule has 2 aromatic rings. The number of rotatable bonds is 2. The minimum atomic E-state index is -0.836. The first-order chi connectivity index (χ1) is 9.97. The Morgan fingerprint density at radius 1 is 1.19 bits per heavy atom. The van der Waals surface area contributed by atoms with E-state index in [4.69, 9.17) is 0 Å². The number of carbonyl (C=O) groups excluding carboxylic acids is 1. The summed E-state index contributed by atoms with van der Waals surface area (Å²) in [5.74, 6) is -0.583. The van der Waals surface area contributed by atoms with Crippen LogP contribution in [0.3, 0.4) is 0 Å². The van der Waals surface area contributed by atoms with Crippen molar-refractivity contribution < 1.29 is 14.3 Å². The molecule has 0 radical (unpaired) electrons. The van der Waals surface area contributed by atoms with Crippen molar-refractivity contribution in [1.29, 1.82) is 0 Å². The Kier molecular flexibility index (Phi) is 3.26. The van der Waals surface area contributed by atoms with Crippen LogP contribution >= 0.6 is 0 Å². The maximum absolute atomic E-state index is 13.0. The third-order valence-electron chi connectivity index (χ3n) is 4.00. The highest BCUT2D eigenvalue weighted by molar-refractivity contribution is 6.03. The summed E-state index contributed by atoms with van der Waals surface area (Å²) in [4.78, 5) is 11.8. The van der Waals surface area contributed by atoms with E-state index < -0.39 is 6.10 Å². The summed E-state index contributed by atoms with van der Waals surface area (Å²) < 4.78 is 13.0. The topological polar surface area (TPSA) is 49.3 Å². The standard InChI is InChI=1S/C17H16FNO2/c1-9-7-12(8-14-10(2)17(21)19-15(9)14)16(20)11-3-5-13(18)6-4-11/h3-8,10,16,20H,1-2H3,(H,19,21). The predicted molar refractivity (Wildman–Crippen MR) is 78.7 cm³/mol. The minimum Gasteiger partial charge on any atom is -0.384 e. The molecule has 0 aromatic heterocycles. The molecule has 3 rings (SSSR count). The normalized spacial score (nSPS) is 18.3. The van der Waals surface area contributed by atoms with Crippen LogP contribution in [-0.4, -0.2) is 11.0 Å². The largest absolute Gasteiger partial charge is 0.384 e. The number of hydrogen-bond acceptors (Lipinski definition) is 2. The van der Waals surface area contributed by atoms with Gasteiger partial charge in [0.1, 0.15) is 11.9 Å². The number of nitrogens with one attached hydrogen (secondary N) is 1. The molecule has 108 valence electrons. The van der Waals surface area contributed by atoms with Crippen molar-refractivity contribution in [1.82, 2.24) is 0 Å². The number of hydrogen-bond donors (Lipinski definition) is 2. The monoisotopic (exact) mass is 285 g/mol. The molecule has 0 aliphatic carbocycles. The van der Waals surface area contributed by atoms with Crippen molar-refractivity contribution in [3.05, 3.63) is 64.5 Å². The van der Waals surface area contributed by atoms with Crippen LogP contribution in [0.2, 0.25) is 0 Å². The molecular formula is C17H16FNO2. The smallest absolute Gasteiger partial charge is 0.231 e. The van der Waals surface area contributed by atoms with Crippen LogP contribution in [0.4, 0.5) is 10.1 Å². The van der Waals surface area contributed by atoms with E-state index in [1.54, 1.807) is 12.1 Å². The lowest BCUT2D eigenvalue weighted by molar-refractivity contribution is -0.116. The van der Waals surface area contributed by atoms with Crippen LogP contribution < -0.4 is 5.32 Å². The summed E-state index contributed by atoms with van der Waals surface area (Å²) >= 11 is 0. The summed E-state index contributed by atoms with van der Waals surface area (Å²) in [6.45, 7) is 3.74. The molecule has 2 atom stereocenters. The lowest BCUT2D eigenvalue weighted by Crippen LogP contribution is -2.08. The van der Waals surface area contributed by atoms with E-state index in [0.717, 1.165) is 16.8 Å². The number of carbonyl (C=O) groups is 1. The van der Waals surface area contributed by atoms with Gasteiger partial charge in [-0.3, -0.25) is 4.79 Å². The third-order valence-corrected chi connectivity index (χ3v) is 4.00. The summed E-state index contributed by atoms with van der Waals surface area (Å²) in [5.41, 5.74) is 3.99. The van der Waals surface area contributed by atoms with Gasteiger partial charge < -0.3 is 10.4 Å². The lowest BCUT2D eigenvalue weighted by Gasteiger charge is -2.15. The van der Waals surface area contributed by atoms with Crippen molar-refractivity contribution in [2.75, 3.05) is 5.32 Å². The number of aliphatic hydroxyl groups excluding tert-OH is 1.